The molecule has 0 saturated carbocycles. The monoisotopic (exact) mass is 485 g/mol. The summed E-state index contributed by atoms with van der Waals surface area (Å²) in [4.78, 5) is 12.3. The van der Waals surface area contributed by atoms with Gasteiger partial charge in [0.05, 0.1) is 11.4 Å². The number of halogens is 3. The van der Waals surface area contributed by atoms with Gasteiger partial charge in [0.15, 0.2) is 6.04 Å². The van der Waals surface area contributed by atoms with Crippen LogP contribution in [0.2, 0.25) is 0 Å². The van der Waals surface area contributed by atoms with E-state index in [1.807, 2.05) is 13.8 Å². The number of primary sulfonamides is 1. The van der Waals surface area contributed by atoms with Gasteiger partial charge in [-0.15, -0.1) is 0 Å². The molecule has 0 aliphatic rings. The van der Waals surface area contributed by atoms with E-state index in [2.05, 4.69) is 5.32 Å². The van der Waals surface area contributed by atoms with Crippen molar-refractivity contribution >= 4 is 22.1 Å². The molecule has 2 rings (SSSR count). The summed E-state index contributed by atoms with van der Waals surface area (Å²) in [6.07, 6.45) is -3.39. The second-order valence-corrected chi connectivity index (χ2v) is 9.65. The van der Waals surface area contributed by atoms with Crippen LogP contribution in [-0.4, -0.2) is 39.3 Å². The van der Waals surface area contributed by atoms with Crippen LogP contribution in [0.15, 0.2) is 53.4 Å². The highest BCUT2D eigenvalue weighted by atomic mass is 32.2. The lowest BCUT2D eigenvalue weighted by Crippen LogP contribution is -2.95. The van der Waals surface area contributed by atoms with Crippen molar-refractivity contribution in [2.75, 3.05) is 6.54 Å². The number of sulfonamides is 1. The number of carbonyl (C=O) groups excluding carboxylic acids is 1. The number of carbonyl (C=O) groups is 1. The first-order valence-electron chi connectivity index (χ1n) is 10.2. The van der Waals surface area contributed by atoms with Crippen molar-refractivity contribution in [2.45, 2.75) is 43.4 Å². The molecule has 11 heteroatoms. The first-order valence-corrected chi connectivity index (χ1v) is 11.8. The van der Waals surface area contributed by atoms with Gasteiger partial charge in [-0.2, -0.15) is 13.2 Å². The molecule has 0 spiro atoms. The van der Waals surface area contributed by atoms with Gasteiger partial charge in [0.1, 0.15) is 0 Å². The van der Waals surface area contributed by atoms with E-state index >= 15 is 0 Å². The summed E-state index contributed by atoms with van der Waals surface area (Å²) in [5, 5.41) is 15.6. The first kappa shape index (κ1) is 26.5. The molecule has 2 atom stereocenters. The van der Waals surface area contributed by atoms with E-state index < -0.39 is 34.2 Å². The average Bonchev–Trinajstić information content (AvgIpc) is 2.73. The van der Waals surface area contributed by atoms with Crippen molar-refractivity contribution in [3.05, 3.63) is 54.1 Å². The van der Waals surface area contributed by atoms with Crippen molar-refractivity contribution in [3.63, 3.8) is 0 Å². The van der Waals surface area contributed by atoms with E-state index in [4.69, 9.17) is 10.5 Å². The van der Waals surface area contributed by atoms with Gasteiger partial charge in [-0.25, -0.2) is 13.6 Å². The summed E-state index contributed by atoms with van der Waals surface area (Å²) in [5.74, 6) is -0.554. The number of nitrogens with two attached hydrogens (primary N) is 2. The summed E-state index contributed by atoms with van der Waals surface area (Å²) >= 11 is 0. The minimum atomic E-state index is -4.60. The van der Waals surface area contributed by atoms with Gasteiger partial charge >= 0.3 is 6.18 Å². The largest absolute Gasteiger partial charge is 0.445 e. The molecule has 0 heterocycles. The number of alkyl halides is 3. The van der Waals surface area contributed by atoms with Gasteiger partial charge in [0.2, 0.25) is 16.1 Å². The van der Waals surface area contributed by atoms with Gasteiger partial charge in [0, 0.05) is 18.2 Å². The standard InChI is InChI=1S/C22H27F3N4O3S/c1-14(2)13-19(21(30)28-12-11-26)29-20(22(23,24)25)17-5-3-15(4-6-17)16-7-9-18(10-8-16)33(27,31)32/h3-11,14,19-20,26,29H,12-13H2,1-2H3,(H,28,30)(H2,27,31,32)/p+1/t19-,20-/m0/s1. The van der Waals surface area contributed by atoms with Crippen molar-refractivity contribution in [1.82, 2.24) is 5.32 Å². The number of hydrogen-bond donors (Lipinski definition) is 4. The molecule has 2 aromatic carbocycles. The number of hydrogen-bond acceptors (Lipinski definition) is 4. The molecule has 1 amide bonds. The maximum absolute atomic E-state index is 13.9. The number of rotatable bonds is 10. The van der Waals surface area contributed by atoms with Crippen LogP contribution in [-0.2, 0) is 14.8 Å². The Kier molecular flexibility index (Phi) is 8.76. The Morgan fingerprint density at radius 1 is 1.09 bits per heavy atom. The molecule has 0 fully saturated rings. The van der Waals surface area contributed by atoms with E-state index in [0.29, 0.717) is 11.1 Å². The second-order valence-electron chi connectivity index (χ2n) is 8.09. The van der Waals surface area contributed by atoms with E-state index in [9.17, 15) is 26.4 Å². The van der Waals surface area contributed by atoms with Crippen LogP contribution in [0.1, 0.15) is 31.9 Å². The fourth-order valence-corrected chi connectivity index (χ4v) is 3.94. The van der Waals surface area contributed by atoms with Gasteiger partial charge in [-0.1, -0.05) is 50.2 Å². The van der Waals surface area contributed by atoms with Crippen molar-refractivity contribution in [2.24, 2.45) is 11.1 Å². The first-order chi connectivity index (χ1) is 15.3. The third kappa shape index (κ3) is 7.65. The zero-order chi connectivity index (χ0) is 24.8. The Hall–Kier alpha value is -2.76. The van der Waals surface area contributed by atoms with Gasteiger partial charge in [0.25, 0.3) is 5.91 Å². The molecule has 0 radical (unpaired) electrons. The van der Waals surface area contributed by atoms with E-state index in [-0.39, 0.29) is 29.3 Å². The molecule has 0 aliphatic heterocycles. The number of benzene rings is 2. The maximum atomic E-state index is 13.9. The fourth-order valence-electron chi connectivity index (χ4n) is 3.43. The molecule has 0 unspecified atom stereocenters. The molecule has 0 aliphatic carbocycles. The van der Waals surface area contributed by atoms with E-state index in [1.165, 1.54) is 48.5 Å². The van der Waals surface area contributed by atoms with Crippen LogP contribution < -0.4 is 15.8 Å². The minimum Gasteiger partial charge on any atom is -0.346 e. The summed E-state index contributed by atoms with van der Waals surface area (Å²) < 4.78 is 64.6. The molecule has 0 aromatic heterocycles. The molecular weight excluding hydrogens is 457 g/mol. The molecular formula is C22H28F3N4O3S+. The van der Waals surface area contributed by atoms with Gasteiger partial charge < -0.3 is 16.0 Å². The van der Waals surface area contributed by atoms with Crippen molar-refractivity contribution in [3.8, 4) is 11.1 Å². The number of amides is 1. The Balaban J connectivity index is 2.30. The zero-order valence-electron chi connectivity index (χ0n) is 18.3. The van der Waals surface area contributed by atoms with Crippen LogP contribution in [0.25, 0.3) is 11.1 Å². The molecule has 2 aromatic rings. The molecule has 6 N–H and O–H groups in total. The minimum absolute atomic E-state index is 0.00597. The quantitative estimate of drug-likeness (QED) is 0.386. The van der Waals surface area contributed by atoms with Crippen LogP contribution in [0, 0.1) is 11.3 Å². The number of nitrogens with one attached hydrogen (secondary N) is 2. The third-order valence-corrected chi connectivity index (χ3v) is 5.93. The Morgan fingerprint density at radius 2 is 1.61 bits per heavy atom. The Labute approximate surface area is 191 Å². The van der Waals surface area contributed by atoms with Gasteiger partial charge in [-0.05, 0) is 29.2 Å². The maximum Gasteiger partial charge on any atom is 0.445 e. The SMILES string of the molecule is CC(C)C[C@H]([NH2+][C@@H](c1ccc(-c2ccc(S(N)(=O)=O)cc2)cc1)C(F)(F)F)C(=O)NCC=N. The average molecular weight is 486 g/mol. The molecule has 0 saturated heterocycles. The molecule has 0 bridgehead atoms. The highest BCUT2D eigenvalue weighted by Crippen LogP contribution is 2.31. The lowest BCUT2D eigenvalue weighted by molar-refractivity contribution is -0.740. The highest BCUT2D eigenvalue weighted by molar-refractivity contribution is 7.89. The molecule has 33 heavy (non-hydrogen) atoms. The van der Waals surface area contributed by atoms with Gasteiger partial charge in [-0.3, -0.25) is 4.79 Å². The van der Waals surface area contributed by atoms with Crippen LogP contribution in [0.5, 0.6) is 0 Å². The topological polar surface area (TPSA) is 130 Å². The predicted octanol–water partition coefficient (Wildman–Crippen LogP) is 2.35. The van der Waals surface area contributed by atoms with Crippen LogP contribution in [0.3, 0.4) is 0 Å². The Bertz CT molecular complexity index is 1050. The Morgan fingerprint density at radius 3 is 2.03 bits per heavy atom. The lowest BCUT2D eigenvalue weighted by atomic mass is 9.97. The predicted molar refractivity (Wildman–Crippen MR) is 119 cm³/mol. The van der Waals surface area contributed by atoms with Crippen molar-refractivity contribution in [1.29, 1.82) is 5.41 Å². The van der Waals surface area contributed by atoms with E-state index in [0.717, 1.165) is 11.5 Å². The van der Waals surface area contributed by atoms with Crippen LogP contribution >= 0.6 is 0 Å². The summed E-state index contributed by atoms with van der Waals surface area (Å²) in [6.45, 7) is 3.60. The van der Waals surface area contributed by atoms with Crippen molar-refractivity contribution < 1.29 is 31.7 Å². The molecule has 7 nitrogen and oxygen atoms in total. The lowest BCUT2D eigenvalue weighted by Gasteiger charge is -2.25. The van der Waals surface area contributed by atoms with Crippen LogP contribution in [0.4, 0.5) is 13.2 Å². The smallest absolute Gasteiger partial charge is 0.346 e. The molecule has 180 valence electrons. The number of quaternary nitrogens is 1. The van der Waals surface area contributed by atoms with E-state index in [1.54, 1.807) is 0 Å². The third-order valence-electron chi connectivity index (χ3n) is 5.00. The zero-order valence-corrected chi connectivity index (χ0v) is 19.1. The summed E-state index contributed by atoms with van der Waals surface area (Å²) in [5.41, 5.74) is 1.20. The highest BCUT2D eigenvalue weighted by Gasteiger charge is 2.46. The normalized spacial score (nSPS) is 14.0. The fraction of sp³-hybridized carbons (Fsp3) is 0.364. The second kappa shape index (κ2) is 10.9. The summed E-state index contributed by atoms with van der Waals surface area (Å²) in [6, 6.07) is 8.50. The summed E-state index contributed by atoms with van der Waals surface area (Å²) in [7, 11) is -3.84.